The Hall–Kier alpha value is -1.11. The van der Waals surface area contributed by atoms with E-state index < -0.39 is 0 Å². The van der Waals surface area contributed by atoms with E-state index in [1.165, 1.54) is 24.8 Å². The van der Waals surface area contributed by atoms with Gasteiger partial charge in [0.1, 0.15) is 0 Å². The fraction of sp³-hybridized carbons (Fsp3) is 0.500. The van der Waals surface area contributed by atoms with Gasteiger partial charge in [0.25, 0.3) is 0 Å². The second kappa shape index (κ2) is 6.39. The Bertz CT molecular complexity index is 298. The van der Waals surface area contributed by atoms with Crippen LogP contribution in [0.5, 0.6) is 0 Å². The van der Waals surface area contributed by atoms with E-state index in [0.29, 0.717) is 6.42 Å². The lowest BCUT2D eigenvalue weighted by Gasteiger charge is -2.01. The van der Waals surface area contributed by atoms with Crippen molar-refractivity contribution >= 4 is 5.78 Å². The first-order valence-electron chi connectivity index (χ1n) is 5.84. The van der Waals surface area contributed by atoms with Crippen LogP contribution in [0.15, 0.2) is 24.3 Å². The Morgan fingerprint density at radius 1 is 1.07 bits per heavy atom. The molecule has 15 heavy (non-hydrogen) atoms. The highest BCUT2D eigenvalue weighted by atomic mass is 16.1. The highest BCUT2D eigenvalue weighted by Crippen LogP contribution is 2.10. The monoisotopic (exact) mass is 204 g/mol. The number of hydrogen-bond donors (Lipinski definition) is 0. The topological polar surface area (TPSA) is 17.1 Å². The Morgan fingerprint density at radius 2 is 1.73 bits per heavy atom. The minimum Gasteiger partial charge on any atom is -0.294 e. The number of rotatable bonds is 6. The molecule has 1 aromatic rings. The van der Waals surface area contributed by atoms with E-state index in [2.05, 4.69) is 6.92 Å². The first kappa shape index (κ1) is 12.0. The molecular weight excluding hydrogens is 184 g/mol. The normalized spacial score (nSPS) is 10.3. The van der Waals surface area contributed by atoms with Crippen LogP contribution in [0.3, 0.4) is 0 Å². The summed E-state index contributed by atoms with van der Waals surface area (Å²) in [5.74, 6) is 0.283. The molecular formula is C14H20O. The number of ketones is 1. The van der Waals surface area contributed by atoms with Crippen LogP contribution in [-0.4, -0.2) is 5.78 Å². The van der Waals surface area contributed by atoms with Crippen molar-refractivity contribution in [1.29, 1.82) is 0 Å². The lowest BCUT2D eigenvalue weighted by molar-refractivity contribution is 0.0979. The Labute approximate surface area is 92.5 Å². The number of carbonyl (C=O) groups is 1. The molecule has 1 nitrogen and oxygen atoms in total. The van der Waals surface area contributed by atoms with Gasteiger partial charge in [0.05, 0.1) is 0 Å². The standard InChI is InChI=1S/C14H20O/c1-3-4-5-6-7-14(15)13-10-8-12(2)9-11-13/h8-11H,3-7H2,1-2H3. The molecule has 0 fully saturated rings. The fourth-order valence-electron chi connectivity index (χ4n) is 1.60. The lowest BCUT2D eigenvalue weighted by atomic mass is 10.0. The van der Waals surface area contributed by atoms with Crippen LogP contribution in [0.4, 0.5) is 0 Å². The van der Waals surface area contributed by atoms with Crippen LogP contribution in [0.1, 0.15) is 54.9 Å². The smallest absolute Gasteiger partial charge is 0.162 e. The van der Waals surface area contributed by atoms with Crippen LogP contribution in [-0.2, 0) is 0 Å². The lowest BCUT2D eigenvalue weighted by Crippen LogP contribution is -1.98. The van der Waals surface area contributed by atoms with E-state index >= 15 is 0 Å². The van der Waals surface area contributed by atoms with Crippen molar-refractivity contribution in [3.05, 3.63) is 35.4 Å². The molecule has 0 N–H and O–H groups in total. The van der Waals surface area contributed by atoms with E-state index in [1.807, 2.05) is 31.2 Å². The minimum atomic E-state index is 0.283. The summed E-state index contributed by atoms with van der Waals surface area (Å²) in [5, 5.41) is 0. The second-order valence-corrected chi connectivity index (χ2v) is 4.10. The van der Waals surface area contributed by atoms with Gasteiger partial charge in [0, 0.05) is 12.0 Å². The molecule has 0 spiro atoms. The molecule has 0 aliphatic rings. The summed E-state index contributed by atoms with van der Waals surface area (Å²) in [6.45, 7) is 4.22. The van der Waals surface area contributed by atoms with Crippen molar-refractivity contribution in [2.45, 2.75) is 46.0 Å². The third-order valence-corrected chi connectivity index (χ3v) is 2.63. The van der Waals surface area contributed by atoms with Crippen molar-refractivity contribution in [3.8, 4) is 0 Å². The van der Waals surface area contributed by atoms with Crippen molar-refractivity contribution in [2.24, 2.45) is 0 Å². The molecule has 0 atom stereocenters. The third kappa shape index (κ3) is 4.28. The van der Waals surface area contributed by atoms with E-state index in [4.69, 9.17) is 0 Å². The zero-order valence-electron chi connectivity index (χ0n) is 9.75. The van der Waals surface area contributed by atoms with Gasteiger partial charge < -0.3 is 0 Å². The van der Waals surface area contributed by atoms with Gasteiger partial charge in [-0.1, -0.05) is 56.0 Å². The van der Waals surface area contributed by atoms with Gasteiger partial charge in [-0.25, -0.2) is 0 Å². The van der Waals surface area contributed by atoms with Crippen LogP contribution in [0.25, 0.3) is 0 Å². The Kier molecular flexibility index (Phi) is 5.09. The molecule has 1 aromatic carbocycles. The van der Waals surface area contributed by atoms with Crippen LogP contribution < -0.4 is 0 Å². The van der Waals surface area contributed by atoms with Gasteiger partial charge >= 0.3 is 0 Å². The van der Waals surface area contributed by atoms with Crippen LogP contribution in [0, 0.1) is 6.92 Å². The summed E-state index contributed by atoms with van der Waals surface area (Å²) in [6, 6.07) is 7.85. The molecule has 0 bridgehead atoms. The molecule has 0 saturated heterocycles. The summed E-state index contributed by atoms with van der Waals surface area (Å²) in [7, 11) is 0. The number of Topliss-reactive ketones (excluding diaryl/α,β-unsaturated/α-hetero) is 1. The molecule has 1 rings (SSSR count). The average Bonchev–Trinajstić information content (AvgIpc) is 2.25. The highest BCUT2D eigenvalue weighted by Gasteiger charge is 2.04. The van der Waals surface area contributed by atoms with Gasteiger partial charge in [0.15, 0.2) is 5.78 Å². The zero-order valence-corrected chi connectivity index (χ0v) is 9.75. The minimum absolute atomic E-state index is 0.283. The maximum atomic E-state index is 11.7. The van der Waals surface area contributed by atoms with Crippen molar-refractivity contribution in [1.82, 2.24) is 0 Å². The Morgan fingerprint density at radius 3 is 2.33 bits per heavy atom. The van der Waals surface area contributed by atoms with Gasteiger partial charge in [0.2, 0.25) is 0 Å². The first-order valence-corrected chi connectivity index (χ1v) is 5.84. The molecule has 0 amide bonds. The summed E-state index contributed by atoms with van der Waals surface area (Å²) in [6.07, 6.45) is 5.36. The van der Waals surface area contributed by atoms with Crippen molar-refractivity contribution in [2.75, 3.05) is 0 Å². The summed E-state index contributed by atoms with van der Waals surface area (Å²) >= 11 is 0. The molecule has 0 aromatic heterocycles. The van der Waals surface area contributed by atoms with Gasteiger partial charge in [-0.3, -0.25) is 4.79 Å². The summed E-state index contributed by atoms with van der Waals surface area (Å²) in [5.41, 5.74) is 2.06. The molecule has 0 aliphatic carbocycles. The van der Waals surface area contributed by atoms with Crippen molar-refractivity contribution < 1.29 is 4.79 Å². The average molecular weight is 204 g/mol. The van der Waals surface area contributed by atoms with E-state index in [-0.39, 0.29) is 5.78 Å². The van der Waals surface area contributed by atoms with E-state index in [0.717, 1.165) is 12.0 Å². The SMILES string of the molecule is CCCCCCC(=O)c1ccc(C)cc1. The van der Waals surface area contributed by atoms with Crippen LogP contribution >= 0.6 is 0 Å². The van der Waals surface area contributed by atoms with E-state index in [1.54, 1.807) is 0 Å². The van der Waals surface area contributed by atoms with Gasteiger partial charge in [-0.2, -0.15) is 0 Å². The fourth-order valence-corrected chi connectivity index (χ4v) is 1.60. The third-order valence-electron chi connectivity index (χ3n) is 2.63. The molecule has 0 unspecified atom stereocenters. The number of unbranched alkanes of at least 4 members (excludes halogenated alkanes) is 3. The second-order valence-electron chi connectivity index (χ2n) is 4.10. The largest absolute Gasteiger partial charge is 0.294 e. The van der Waals surface area contributed by atoms with Gasteiger partial charge in [-0.05, 0) is 13.3 Å². The Balaban J connectivity index is 2.37. The number of hydrogen-bond acceptors (Lipinski definition) is 1. The van der Waals surface area contributed by atoms with Crippen LogP contribution in [0.2, 0.25) is 0 Å². The molecule has 1 heteroatoms. The molecule has 0 aliphatic heterocycles. The maximum Gasteiger partial charge on any atom is 0.162 e. The van der Waals surface area contributed by atoms with E-state index in [9.17, 15) is 4.79 Å². The summed E-state index contributed by atoms with van der Waals surface area (Å²) in [4.78, 5) is 11.7. The number of carbonyl (C=O) groups excluding carboxylic acids is 1. The molecule has 0 radical (unpaired) electrons. The number of benzene rings is 1. The molecule has 0 saturated carbocycles. The first-order chi connectivity index (χ1) is 7.24. The maximum absolute atomic E-state index is 11.7. The zero-order chi connectivity index (χ0) is 11.1. The highest BCUT2D eigenvalue weighted by molar-refractivity contribution is 5.96. The number of aryl methyl sites for hydroxylation is 1. The predicted molar refractivity (Wildman–Crippen MR) is 64.3 cm³/mol. The molecule has 82 valence electrons. The predicted octanol–water partition coefficient (Wildman–Crippen LogP) is 4.15. The summed E-state index contributed by atoms with van der Waals surface area (Å²) < 4.78 is 0. The molecule has 0 heterocycles. The quantitative estimate of drug-likeness (QED) is 0.502. The van der Waals surface area contributed by atoms with Gasteiger partial charge in [-0.15, -0.1) is 0 Å². The van der Waals surface area contributed by atoms with Crippen molar-refractivity contribution in [3.63, 3.8) is 0 Å².